The highest BCUT2D eigenvalue weighted by Crippen LogP contribution is 2.24. The van der Waals surface area contributed by atoms with Gasteiger partial charge in [-0.3, -0.25) is 4.79 Å². The number of carbonyl (C=O) groups excluding carboxylic acids is 1. The molecule has 1 aliphatic heterocycles. The van der Waals surface area contributed by atoms with Crippen molar-refractivity contribution in [2.24, 2.45) is 5.92 Å². The molecule has 0 unspecified atom stereocenters. The molecule has 0 N–H and O–H groups in total. The number of imidazole rings is 1. The number of nitrogens with zero attached hydrogens (tertiary/aromatic N) is 5. The Bertz CT molecular complexity index is 1170. The summed E-state index contributed by atoms with van der Waals surface area (Å²) >= 11 is 0. The van der Waals surface area contributed by atoms with Gasteiger partial charge in [-0.15, -0.1) is 0 Å². The van der Waals surface area contributed by atoms with Gasteiger partial charge in [-0.05, 0) is 49.9 Å². The Labute approximate surface area is 175 Å². The van der Waals surface area contributed by atoms with Crippen molar-refractivity contribution in [3.8, 4) is 5.69 Å². The molecular formula is C24H25N5O. The molecule has 0 aliphatic carbocycles. The van der Waals surface area contributed by atoms with Crippen LogP contribution in [0.15, 0.2) is 67.1 Å². The molecule has 3 heterocycles. The monoisotopic (exact) mass is 399 g/mol. The van der Waals surface area contributed by atoms with E-state index in [-0.39, 0.29) is 5.91 Å². The fourth-order valence-electron chi connectivity index (χ4n) is 4.37. The molecule has 5 rings (SSSR count). The largest absolute Gasteiger partial charge is 0.339 e. The maximum Gasteiger partial charge on any atom is 0.257 e. The Kier molecular flexibility index (Phi) is 4.83. The third-order valence-corrected chi connectivity index (χ3v) is 6.12. The summed E-state index contributed by atoms with van der Waals surface area (Å²) in [5.74, 6) is 0.640. The molecule has 2 aromatic carbocycles. The van der Waals surface area contributed by atoms with Crippen molar-refractivity contribution in [3.63, 3.8) is 0 Å². The molecule has 152 valence electrons. The SMILES string of the molecule is Cc1c(C(=O)N2CCC(Cn3cnc4ccccc43)CC2)cnn1-c1ccccc1. The van der Waals surface area contributed by atoms with Gasteiger partial charge >= 0.3 is 0 Å². The first-order valence-corrected chi connectivity index (χ1v) is 10.5. The number of amides is 1. The molecular weight excluding hydrogens is 374 g/mol. The summed E-state index contributed by atoms with van der Waals surface area (Å²) < 4.78 is 4.08. The average Bonchev–Trinajstić information content (AvgIpc) is 3.38. The summed E-state index contributed by atoms with van der Waals surface area (Å²) in [4.78, 5) is 19.6. The van der Waals surface area contributed by atoms with Crippen molar-refractivity contribution in [1.29, 1.82) is 0 Å². The molecule has 2 aromatic heterocycles. The Morgan fingerprint density at radius 2 is 1.77 bits per heavy atom. The lowest BCUT2D eigenvalue weighted by Gasteiger charge is -2.32. The van der Waals surface area contributed by atoms with Crippen LogP contribution >= 0.6 is 0 Å². The van der Waals surface area contributed by atoms with Gasteiger partial charge in [-0.25, -0.2) is 9.67 Å². The molecule has 1 saturated heterocycles. The number of aromatic nitrogens is 4. The van der Waals surface area contributed by atoms with E-state index in [0.717, 1.165) is 49.4 Å². The lowest BCUT2D eigenvalue weighted by Crippen LogP contribution is -2.39. The lowest BCUT2D eigenvalue weighted by molar-refractivity contribution is 0.0682. The van der Waals surface area contributed by atoms with Crippen molar-refractivity contribution >= 4 is 16.9 Å². The summed E-state index contributed by atoms with van der Waals surface area (Å²) in [5.41, 5.74) is 4.77. The summed E-state index contributed by atoms with van der Waals surface area (Å²) in [6.07, 6.45) is 5.64. The van der Waals surface area contributed by atoms with Gasteiger partial charge in [-0.2, -0.15) is 5.10 Å². The highest BCUT2D eigenvalue weighted by atomic mass is 16.2. The molecule has 4 aromatic rings. The molecule has 1 fully saturated rings. The van der Waals surface area contributed by atoms with E-state index in [2.05, 4.69) is 26.8 Å². The van der Waals surface area contributed by atoms with Crippen molar-refractivity contribution in [3.05, 3.63) is 78.4 Å². The van der Waals surface area contributed by atoms with Gasteiger partial charge in [0.15, 0.2) is 0 Å². The molecule has 30 heavy (non-hydrogen) atoms. The van der Waals surface area contributed by atoms with Gasteiger partial charge in [0.25, 0.3) is 5.91 Å². The van der Waals surface area contributed by atoms with Gasteiger partial charge in [0.05, 0.1) is 40.5 Å². The summed E-state index contributed by atoms with van der Waals surface area (Å²) in [6.45, 7) is 4.48. The van der Waals surface area contributed by atoms with Gasteiger partial charge in [0.1, 0.15) is 0 Å². The molecule has 0 radical (unpaired) electrons. The van der Waals surface area contributed by atoms with E-state index in [1.54, 1.807) is 6.20 Å². The smallest absolute Gasteiger partial charge is 0.257 e. The number of hydrogen-bond acceptors (Lipinski definition) is 3. The summed E-state index contributed by atoms with van der Waals surface area (Å²) in [6, 6.07) is 18.2. The predicted molar refractivity (Wildman–Crippen MR) is 117 cm³/mol. The molecule has 0 bridgehead atoms. The van der Waals surface area contributed by atoms with E-state index in [0.29, 0.717) is 11.5 Å². The minimum atomic E-state index is 0.0845. The molecule has 0 atom stereocenters. The van der Waals surface area contributed by atoms with Crippen LogP contribution in [0.4, 0.5) is 0 Å². The molecule has 0 saturated carbocycles. The second kappa shape index (κ2) is 7.78. The van der Waals surface area contributed by atoms with Crippen LogP contribution < -0.4 is 0 Å². The normalized spacial score (nSPS) is 15.0. The minimum Gasteiger partial charge on any atom is -0.339 e. The third-order valence-electron chi connectivity index (χ3n) is 6.12. The Morgan fingerprint density at radius 3 is 2.57 bits per heavy atom. The second-order valence-electron chi connectivity index (χ2n) is 8.01. The van der Waals surface area contributed by atoms with Crippen LogP contribution in [0.1, 0.15) is 28.9 Å². The highest BCUT2D eigenvalue weighted by molar-refractivity contribution is 5.95. The zero-order chi connectivity index (χ0) is 20.5. The van der Waals surface area contributed by atoms with Gasteiger partial charge in [0.2, 0.25) is 0 Å². The number of benzene rings is 2. The fourth-order valence-corrected chi connectivity index (χ4v) is 4.37. The number of rotatable bonds is 4. The van der Waals surface area contributed by atoms with E-state index in [4.69, 9.17) is 0 Å². The van der Waals surface area contributed by atoms with Crippen LogP contribution in [0.5, 0.6) is 0 Å². The molecule has 6 heteroatoms. The van der Waals surface area contributed by atoms with Crippen molar-refractivity contribution in [2.45, 2.75) is 26.3 Å². The standard InChI is InChI=1S/C24H25N5O/c1-18-21(15-26-29(18)20-7-3-2-4-8-20)24(30)27-13-11-19(12-14-27)16-28-17-25-22-9-5-6-10-23(22)28/h2-10,15,17,19H,11-14,16H2,1H3. The molecule has 1 aliphatic rings. The zero-order valence-electron chi connectivity index (χ0n) is 17.1. The van der Waals surface area contributed by atoms with Crippen molar-refractivity contribution < 1.29 is 4.79 Å². The zero-order valence-corrected chi connectivity index (χ0v) is 17.1. The Morgan fingerprint density at radius 1 is 1.03 bits per heavy atom. The third kappa shape index (κ3) is 3.38. The van der Waals surface area contributed by atoms with Crippen LogP contribution in [0.25, 0.3) is 16.7 Å². The number of piperidine rings is 1. The minimum absolute atomic E-state index is 0.0845. The highest BCUT2D eigenvalue weighted by Gasteiger charge is 2.26. The van der Waals surface area contributed by atoms with Crippen molar-refractivity contribution in [2.75, 3.05) is 13.1 Å². The first-order chi connectivity index (χ1) is 14.7. The second-order valence-corrected chi connectivity index (χ2v) is 8.01. The number of likely N-dealkylation sites (tertiary alicyclic amines) is 1. The van der Waals surface area contributed by atoms with Crippen LogP contribution in [-0.2, 0) is 6.54 Å². The van der Waals surface area contributed by atoms with Crippen molar-refractivity contribution in [1.82, 2.24) is 24.2 Å². The Balaban J connectivity index is 1.25. The maximum absolute atomic E-state index is 13.1. The average molecular weight is 399 g/mol. The lowest BCUT2D eigenvalue weighted by atomic mass is 9.96. The molecule has 0 spiro atoms. The molecule has 1 amide bonds. The van der Waals surface area contributed by atoms with E-state index in [1.807, 2.05) is 65.3 Å². The van der Waals surface area contributed by atoms with E-state index >= 15 is 0 Å². The van der Waals surface area contributed by atoms with E-state index in [9.17, 15) is 4.79 Å². The number of hydrogen-bond donors (Lipinski definition) is 0. The number of para-hydroxylation sites is 3. The van der Waals surface area contributed by atoms with Crippen LogP contribution in [0.2, 0.25) is 0 Å². The van der Waals surface area contributed by atoms with Gasteiger partial charge in [-0.1, -0.05) is 30.3 Å². The van der Waals surface area contributed by atoms with E-state index < -0.39 is 0 Å². The maximum atomic E-state index is 13.1. The van der Waals surface area contributed by atoms with E-state index in [1.165, 1.54) is 5.52 Å². The fraction of sp³-hybridized carbons (Fsp3) is 0.292. The number of carbonyl (C=O) groups is 1. The van der Waals surface area contributed by atoms with Crippen LogP contribution in [0.3, 0.4) is 0 Å². The first-order valence-electron chi connectivity index (χ1n) is 10.5. The van der Waals surface area contributed by atoms with Crippen LogP contribution in [0, 0.1) is 12.8 Å². The quantitative estimate of drug-likeness (QED) is 0.520. The van der Waals surface area contributed by atoms with Gasteiger partial charge in [0, 0.05) is 19.6 Å². The van der Waals surface area contributed by atoms with Crippen LogP contribution in [-0.4, -0.2) is 43.2 Å². The topological polar surface area (TPSA) is 56.0 Å². The molecule has 6 nitrogen and oxygen atoms in total. The Hall–Kier alpha value is -3.41. The predicted octanol–water partition coefficient (Wildman–Crippen LogP) is 4.08. The first kappa shape index (κ1) is 18.6. The summed E-state index contributed by atoms with van der Waals surface area (Å²) in [5, 5.41) is 4.45. The van der Waals surface area contributed by atoms with Gasteiger partial charge < -0.3 is 9.47 Å². The number of fused-ring (bicyclic) bond motifs is 1. The summed E-state index contributed by atoms with van der Waals surface area (Å²) in [7, 11) is 0.